The van der Waals surface area contributed by atoms with Crippen molar-refractivity contribution in [1.82, 2.24) is 4.98 Å². The van der Waals surface area contributed by atoms with Gasteiger partial charge in [0.2, 0.25) is 0 Å². The third-order valence-corrected chi connectivity index (χ3v) is 3.85. The normalized spacial score (nSPS) is 16.9. The van der Waals surface area contributed by atoms with E-state index in [0.717, 1.165) is 30.6 Å². The van der Waals surface area contributed by atoms with Gasteiger partial charge in [0.25, 0.3) is 0 Å². The second-order valence-electron chi connectivity index (χ2n) is 5.31. The molecule has 0 spiro atoms. The molecule has 2 rings (SSSR count). The summed E-state index contributed by atoms with van der Waals surface area (Å²) in [4.78, 5) is 4.53. The van der Waals surface area contributed by atoms with Gasteiger partial charge in [-0.2, -0.15) is 0 Å². The van der Waals surface area contributed by atoms with E-state index in [9.17, 15) is 0 Å². The number of hydrogen-bond acceptors (Lipinski definition) is 3. The molecule has 3 nitrogen and oxygen atoms in total. The Morgan fingerprint density at radius 1 is 1.24 bits per heavy atom. The minimum absolute atomic E-state index is 0.524. The second-order valence-corrected chi connectivity index (χ2v) is 5.31. The van der Waals surface area contributed by atoms with E-state index in [2.05, 4.69) is 36.4 Å². The Hall–Kier alpha value is -1.25. The fourth-order valence-electron chi connectivity index (χ4n) is 2.20. The molecule has 1 aromatic heterocycles. The molecule has 1 fully saturated rings. The SMILES string of the molecule is CCNc1cccc(NCC2(C(C)C)CC2)n1. The lowest BCUT2D eigenvalue weighted by molar-refractivity contribution is 0.380. The smallest absolute Gasteiger partial charge is 0.128 e. The van der Waals surface area contributed by atoms with Gasteiger partial charge in [-0.05, 0) is 43.2 Å². The molecule has 0 unspecified atom stereocenters. The van der Waals surface area contributed by atoms with Crippen LogP contribution in [0.1, 0.15) is 33.6 Å². The average Bonchev–Trinajstić information content (AvgIpc) is 3.08. The highest BCUT2D eigenvalue weighted by Crippen LogP contribution is 2.51. The van der Waals surface area contributed by atoms with E-state index in [0.29, 0.717) is 5.41 Å². The van der Waals surface area contributed by atoms with Crippen molar-refractivity contribution in [3.05, 3.63) is 18.2 Å². The second kappa shape index (κ2) is 4.94. The molecule has 1 aromatic rings. The summed E-state index contributed by atoms with van der Waals surface area (Å²) in [5.41, 5.74) is 0.524. The molecule has 0 atom stereocenters. The van der Waals surface area contributed by atoms with E-state index >= 15 is 0 Å². The van der Waals surface area contributed by atoms with Crippen molar-refractivity contribution in [2.45, 2.75) is 33.6 Å². The number of pyridine rings is 1. The lowest BCUT2D eigenvalue weighted by Gasteiger charge is -2.20. The number of nitrogens with zero attached hydrogens (tertiary/aromatic N) is 1. The highest BCUT2D eigenvalue weighted by Gasteiger charge is 2.44. The molecule has 0 bridgehead atoms. The third kappa shape index (κ3) is 2.90. The van der Waals surface area contributed by atoms with Gasteiger partial charge in [-0.25, -0.2) is 4.98 Å². The predicted octanol–water partition coefficient (Wildman–Crippen LogP) is 3.36. The van der Waals surface area contributed by atoms with Gasteiger partial charge in [0, 0.05) is 13.1 Å². The Kier molecular flexibility index (Phi) is 3.55. The van der Waals surface area contributed by atoms with Crippen molar-refractivity contribution < 1.29 is 0 Å². The molecule has 1 heterocycles. The zero-order chi connectivity index (χ0) is 12.3. The number of rotatable bonds is 6. The van der Waals surface area contributed by atoms with Crippen LogP contribution < -0.4 is 10.6 Å². The monoisotopic (exact) mass is 233 g/mol. The number of nitrogens with one attached hydrogen (secondary N) is 2. The van der Waals surface area contributed by atoms with Gasteiger partial charge in [-0.1, -0.05) is 19.9 Å². The molecular formula is C14H23N3. The molecule has 17 heavy (non-hydrogen) atoms. The van der Waals surface area contributed by atoms with Crippen molar-refractivity contribution in [3.8, 4) is 0 Å². The Balaban J connectivity index is 1.93. The van der Waals surface area contributed by atoms with Gasteiger partial charge in [-0.3, -0.25) is 0 Å². The van der Waals surface area contributed by atoms with E-state index in [1.165, 1.54) is 12.8 Å². The summed E-state index contributed by atoms with van der Waals surface area (Å²) in [7, 11) is 0. The number of anilines is 2. The molecule has 0 saturated heterocycles. The quantitative estimate of drug-likeness (QED) is 0.791. The molecule has 0 radical (unpaired) electrons. The van der Waals surface area contributed by atoms with Crippen LogP contribution in [-0.2, 0) is 0 Å². The summed E-state index contributed by atoms with van der Waals surface area (Å²) in [5.74, 6) is 2.69. The topological polar surface area (TPSA) is 37.0 Å². The Morgan fingerprint density at radius 3 is 2.41 bits per heavy atom. The van der Waals surface area contributed by atoms with Gasteiger partial charge in [0.05, 0.1) is 0 Å². The first kappa shape index (κ1) is 12.2. The van der Waals surface area contributed by atoms with Crippen molar-refractivity contribution in [1.29, 1.82) is 0 Å². The van der Waals surface area contributed by atoms with Crippen LogP contribution in [0.3, 0.4) is 0 Å². The minimum atomic E-state index is 0.524. The molecule has 1 saturated carbocycles. The first-order chi connectivity index (χ1) is 8.16. The molecule has 94 valence electrons. The third-order valence-electron chi connectivity index (χ3n) is 3.85. The van der Waals surface area contributed by atoms with Gasteiger partial charge in [0.1, 0.15) is 11.6 Å². The average molecular weight is 233 g/mol. The van der Waals surface area contributed by atoms with Crippen LogP contribution in [0.15, 0.2) is 18.2 Å². The summed E-state index contributed by atoms with van der Waals surface area (Å²) < 4.78 is 0. The fourth-order valence-corrected chi connectivity index (χ4v) is 2.20. The maximum absolute atomic E-state index is 4.53. The van der Waals surface area contributed by atoms with Gasteiger partial charge in [-0.15, -0.1) is 0 Å². The van der Waals surface area contributed by atoms with Crippen LogP contribution >= 0.6 is 0 Å². The zero-order valence-electron chi connectivity index (χ0n) is 11.1. The van der Waals surface area contributed by atoms with Crippen LogP contribution in [0.2, 0.25) is 0 Å². The first-order valence-electron chi connectivity index (χ1n) is 6.61. The highest BCUT2D eigenvalue weighted by atomic mass is 15.1. The van der Waals surface area contributed by atoms with Crippen LogP contribution in [0.25, 0.3) is 0 Å². The lowest BCUT2D eigenvalue weighted by atomic mass is 9.92. The van der Waals surface area contributed by atoms with Crippen LogP contribution in [0, 0.1) is 11.3 Å². The fraction of sp³-hybridized carbons (Fsp3) is 0.643. The van der Waals surface area contributed by atoms with Crippen molar-refractivity contribution in [3.63, 3.8) is 0 Å². The van der Waals surface area contributed by atoms with Crippen molar-refractivity contribution in [2.75, 3.05) is 23.7 Å². The summed E-state index contributed by atoms with van der Waals surface area (Å²) in [6, 6.07) is 6.09. The van der Waals surface area contributed by atoms with Gasteiger partial charge < -0.3 is 10.6 Å². The zero-order valence-corrected chi connectivity index (χ0v) is 11.1. The van der Waals surface area contributed by atoms with Crippen LogP contribution in [0.4, 0.5) is 11.6 Å². The standard InChI is InChI=1S/C14H23N3/c1-4-15-12-6-5-7-13(17-12)16-10-14(8-9-14)11(2)3/h5-7,11H,4,8-10H2,1-3H3,(H2,15,16,17). The molecule has 0 aliphatic heterocycles. The Bertz CT molecular complexity index is 369. The minimum Gasteiger partial charge on any atom is -0.370 e. The molecule has 1 aliphatic carbocycles. The Labute approximate surface area is 104 Å². The first-order valence-corrected chi connectivity index (χ1v) is 6.61. The summed E-state index contributed by atoms with van der Waals surface area (Å²) in [6.07, 6.45) is 2.70. The molecule has 0 amide bonds. The van der Waals surface area contributed by atoms with E-state index in [1.54, 1.807) is 0 Å². The van der Waals surface area contributed by atoms with E-state index in [-0.39, 0.29) is 0 Å². The number of aromatic nitrogens is 1. The maximum Gasteiger partial charge on any atom is 0.128 e. The maximum atomic E-state index is 4.53. The van der Waals surface area contributed by atoms with Gasteiger partial charge in [0.15, 0.2) is 0 Å². The lowest BCUT2D eigenvalue weighted by Crippen LogP contribution is -2.21. The van der Waals surface area contributed by atoms with Gasteiger partial charge >= 0.3 is 0 Å². The number of hydrogen-bond donors (Lipinski definition) is 2. The molecular weight excluding hydrogens is 210 g/mol. The van der Waals surface area contributed by atoms with Crippen LogP contribution in [-0.4, -0.2) is 18.1 Å². The molecule has 3 heteroatoms. The predicted molar refractivity (Wildman–Crippen MR) is 73.4 cm³/mol. The summed E-state index contributed by atoms with van der Waals surface area (Å²) in [6.45, 7) is 8.67. The molecule has 2 N–H and O–H groups in total. The summed E-state index contributed by atoms with van der Waals surface area (Å²) in [5, 5.41) is 6.71. The Morgan fingerprint density at radius 2 is 1.88 bits per heavy atom. The molecule has 1 aliphatic rings. The van der Waals surface area contributed by atoms with E-state index in [1.807, 2.05) is 18.2 Å². The van der Waals surface area contributed by atoms with Crippen molar-refractivity contribution >= 4 is 11.6 Å². The summed E-state index contributed by atoms with van der Waals surface area (Å²) >= 11 is 0. The van der Waals surface area contributed by atoms with E-state index < -0.39 is 0 Å². The van der Waals surface area contributed by atoms with Crippen molar-refractivity contribution in [2.24, 2.45) is 11.3 Å². The molecule has 0 aromatic carbocycles. The van der Waals surface area contributed by atoms with Crippen LogP contribution in [0.5, 0.6) is 0 Å². The highest BCUT2D eigenvalue weighted by molar-refractivity contribution is 5.45. The van der Waals surface area contributed by atoms with E-state index in [4.69, 9.17) is 0 Å². The largest absolute Gasteiger partial charge is 0.370 e.